The molecule has 0 heterocycles. The summed E-state index contributed by atoms with van der Waals surface area (Å²) in [5.74, 6) is 0.581. The van der Waals surface area contributed by atoms with Crippen LogP contribution in [-0.4, -0.2) is 11.8 Å². The molecule has 0 unspecified atom stereocenters. The van der Waals surface area contributed by atoms with Crippen LogP contribution in [0, 0.1) is 6.92 Å². The van der Waals surface area contributed by atoms with Crippen molar-refractivity contribution in [1.82, 2.24) is 0 Å². The molecular formula is C11H14ClNO. The molecule has 0 aliphatic carbocycles. The molecule has 0 spiro atoms. The molecule has 1 amide bonds. The number of anilines is 1. The Labute approximate surface area is 89.3 Å². The van der Waals surface area contributed by atoms with Crippen molar-refractivity contribution in [3.05, 3.63) is 29.3 Å². The Balaban J connectivity index is 2.84. The summed E-state index contributed by atoms with van der Waals surface area (Å²) in [6.45, 7) is 3.48. The highest BCUT2D eigenvalue weighted by molar-refractivity contribution is 6.18. The maximum absolute atomic E-state index is 10.8. The highest BCUT2D eigenvalue weighted by Gasteiger charge is 2.01. The summed E-state index contributed by atoms with van der Waals surface area (Å²) in [6, 6.07) is 5.95. The molecule has 0 saturated carbocycles. The number of nitrogens with one attached hydrogen (secondary N) is 1. The molecule has 1 aromatic rings. The van der Waals surface area contributed by atoms with Crippen molar-refractivity contribution in [3.8, 4) is 0 Å². The Morgan fingerprint density at radius 2 is 2.21 bits per heavy atom. The maximum atomic E-state index is 10.8. The number of aryl methyl sites for hydroxylation is 2. The Kier molecular flexibility index (Phi) is 3.96. The topological polar surface area (TPSA) is 29.1 Å². The predicted octanol–water partition coefficient (Wildman–Crippen LogP) is 2.73. The molecule has 0 bridgehead atoms. The van der Waals surface area contributed by atoms with Gasteiger partial charge in [-0.1, -0.05) is 12.1 Å². The Hall–Kier alpha value is -1.02. The zero-order chi connectivity index (χ0) is 10.6. The molecular weight excluding hydrogens is 198 g/mol. The summed E-state index contributed by atoms with van der Waals surface area (Å²) in [4.78, 5) is 10.8. The summed E-state index contributed by atoms with van der Waals surface area (Å²) in [7, 11) is 0. The molecule has 0 aliphatic rings. The number of carbonyl (C=O) groups is 1. The van der Waals surface area contributed by atoms with E-state index >= 15 is 0 Å². The van der Waals surface area contributed by atoms with Crippen molar-refractivity contribution < 1.29 is 4.79 Å². The second-order valence-electron chi connectivity index (χ2n) is 3.27. The van der Waals surface area contributed by atoms with Crippen LogP contribution in [-0.2, 0) is 11.2 Å². The highest BCUT2D eigenvalue weighted by Crippen LogP contribution is 2.16. The maximum Gasteiger partial charge on any atom is 0.221 e. The lowest BCUT2D eigenvalue weighted by atomic mass is 10.1. The van der Waals surface area contributed by atoms with E-state index in [0.29, 0.717) is 5.88 Å². The normalized spacial score (nSPS) is 9.93. The van der Waals surface area contributed by atoms with E-state index in [2.05, 4.69) is 5.32 Å². The van der Waals surface area contributed by atoms with E-state index in [1.807, 2.05) is 25.1 Å². The number of carbonyl (C=O) groups excluding carboxylic acids is 1. The highest BCUT2D eigenvalue weighted by atomic mass is 35.5. The summed E-state index contributed by atoms with van der Waals surface area (Å²) in [5.41, 5.74) is 3.14. The fraction of sp³-hybridized carbons (Fsp3) is 0.364. The summed E-state index contributed by atoms with van der Waals surface area (Å²) in [6.07, 6.45) is 0.864. The Morgan fingerprint density at radius 1 is 1.50 bits per heavy atom. The quantitative estimate of drug-likeness (QED) is 0.766. The molecule has 0 aliphatic heterocycles. The van der Waals surface area contributed by atoms with Gasteiger partial charge in [0.1, 0.15) is 0 Å². The van der Waals surface area contributed by atoms with Gasteiger partial charge in [0.2, 0.25) is 5.91 Å². The van der Waals surface area contributed by atoms with Crippen LogP contribution in [0.2, 0.25) is 0 Å². The SMILES string of the molecule is CC(=O)Nc1ccc(CCCl)cc1C. The number of halogens is 1. The van der Waals surface area contributed by atoms with Crippen LogP contribution < -0.4 is 5.32 Å². The van der Waals surface area contributed by atoms with Crippen LogP contribution >= 0.6 is 11.6 Å². The van der Waals surface area contributed by atoms with E-state index in [1.54, 1.807) is 0 Å². The van der Waals surface area contributed by atoms with Crippen molar-refractivity contribution >= 4 is 23.2 Å². The molecule has 1 N–H and O–H groups in total. The molecule has 0 aromatic heterocycles. The van der Waals surface area contributed by atoms with Gasteiger partial charge in [-0.25, -0.2) is 0 Å². The van der Waals surface area contributed by atoms with Gasteiger partial charge in [0, 0.05) is 18.5 Å². The van der Waals surface area contributed by atoms with Crippen LogP contribution in [0.3, 0.4) is 0 Å². The number of amides is 1. The van der Waals surface area contributed by atoms with E-state index in [-0.39, 0.29) is 5.91 Å². The average Bonchev–Trinajstić information content (AvgIpc) is 2.10. The van der Waals surface area contributed by atoms with Crippen LogP contribution in [0.15, 0.2) is 18.2 Å². The molecule has 0 fully saturated rings. The zero-order valence-electron chi connectivity index (χ0n) is 8.43. The van der Waals surface area contributed by atoms with Crippen molar-refractivity contribution in [3.63, 3.8) is 0 Å². The summed E-state index contributed by atoms with van der Waals surface area (Å²) < 4.78 is 0. The second-order valence-corrected chi connectivity index (χ2v) is 3.65. The third-order valence-corrected chi connectivity index (χ3v) is 2.17. The molecule has 14 heavy (non-hydrogen) atoms. The van der Waals surface area contributed by atoms with Crippen molar-refractivity contribution in [2.75, 3.05) is 11.2 Å². The smallest absolute Gasteiger partial charge is 0.221 e. The van der Waals surface area contributed by atoms with Gasteiger partial charge < -0.3 is 5.32 Å². The van der Waals surface area contributed by atoms with Gasteiger partial charge in [0.15, 0.2) is 0 Å². The summed E-state index contributed by atoms with van der Waals surface area (Å²) in [5, 5.41) is 2.77. The number of hydrogen-bond acceptors (Lipinski definition) is 1. The Morgan fingerprint density at radius 3 is 2.71 bits per heavy atom. The van der Waals surface area contributed by atoms with Crippen molar-refractivity contribution in [2.45, 2.75) is 20.3 Å². The van der Waals surface area contributed by atoms with Gasteiger partial charge in [0.05, 0.1) is 0 Å². The molecule has 0 saturated heterocycles. The predicted molar refractivity (Wildman–Crippen MR) is 59.9 cm³/mol. The van der Waals surface area contributed by atoms with E-state index in [0.717, 1.165) is 17.7 Å². The lowest BCUT2D eigenvalue weighted by Crippen LogP contribution is -2.07. The third kappa shape index (κ3) is 3.04. The van der Waals surface area contributed by atoms with E-state index in [4.69, 9.17) is 11.6 Å². The zero-order valence-corrected chi connectivity index (χ0v) is 9.19. The van der Waals surface area contributed by atoms with Gasteiger partial charge >= 0.3 is 0 Å². The largest absolute Gasteiger partial charge is 0.326 e. The molecule has 0 atom stereocenters. The summed E-state index contributed by atoms with van der Waals surface area (Å²) >= 11 is 5.64. The monoisotopic (exact) mass is 211 g/mol. The molecule has 0 radical (unpaired) electrons. The minimum absolute atomic E-state index is 0.0433. The second kappa shape index (κ2) is 5.01. The lowest BCUT2D eigenvalue weighted by molar-refractivity contribution is -0.114. The standard InChI is InChI=1S/C11H14ClNO/c1-8-7-10(5-6-12)3-4-11(8)13-9(2)14/h3-4,7H,5-6H2,1-2H3,(H,13,14). The fourth-order valence-corrected chi connectivity index (χ4v) is 1.54. The first-order chi connectivity index (χ1) is 6.63. The van der Waals surface area contributed by atoms with Crippen LogP contribution in [0.1, 0.15) is 18.1 Å². The van der Waals surface area contributed by atoms with Gasteiger partial charge in [-0.05, 0) is 30.5 Å². The first-order valence-corrected chi connectivity index (χ1v) is 5.10. The average molecular weight is 212 g/mol. The molecule has 1 aromatic carbocycles. The van der Waals surface area contributed by atoms with Gasteiger partial charge in [0.25, 0.3) is 0 Å². The number of benzene rings is 1. The van der Waals surface area contributed by atoms with Gasteiger partial charge in [-0.15, -0.1) is 11.6 Å². The lowest BCUT2D eigenvalue weighted by Gasteiger charge is -2.07. The van der Waals surface area contributed by atoms with Crippen molar-refractivity contribution in [1.29, 1.82) is 0 Å². The third-order valence-electron chi connectivity index (χ3n) is 1.98. The minimum atomic E-state index is -0.0433. The number of alkyl halides is 1. The van der Waals surface area contributed by atoms with E-state index < -0.39 is 0 Å². The van der Waals surface area contributed by atoms with E-state index in [9.17, 15) is 4.79 Å². The first kappa shape index (κ1) is 11.1. The van der Waals surface area contributed by atoms with Crippen LogP contribution in [0.4, 0.5) is 5.69 Å². The van der Waals surface area contributed by atoms with Crippen LogP contribution in [0.25, 0.3) is 0 Å². The van der Waals surface area contributed by atoms with Gasteiger partial charge in [-0.3, -0.25) is 4.79 Å². The first-order valence-electron chi connectivity index (χ1n) is 4.56. The Bertz CT molecular complexity index is 336. The van der Waals surface area contributed by atoms with Gasteiger partial charge in [-0.2, -0.15) is 0 Å². The van der Waals surface area contributed by atoms with Crippen LogP contribution in [0.5, 0.6) is 0 Å². The molecule has 1 rings (SSSR count). The number of rotatable bonds is 3. The molecule has 3 heteroatoms. The van der Waals surface area contributed by atoms with E-state index in [1.165, 1.54) is 12.5 Å². The minimum Gasteiger partial charge on any atom is -0.326 e. The molecule has 76 valence electrons. The molecule has 2 nitrogen and oxygen atoms in total. The number of hydrogen-bond donors (Lipinski definition) is 1. The van der Waals surface area contributed by atoms with Crippen molar-refractivity contribution in [2.24, 2.45) is 0 Å². The fourth-order valence-electron chi connectivity index (χ4n) is 1.32.